The molecule has 0 saturated heterocycles. The molecule has 3 rings (SSSR count). The first-order chi connectivity index (χ1) is 10.6. The van der Waals surface area contributed by atoms with Gasteiger partial charge < -0.3 is 10.2 Å². The standard InChI is InChI=1S/C19H28N2O/c1-4-21(13(2)3)17-9-7-16(8-10-17)20-19(22)18-12-14-5-6-15(18)11-14/h7-10,13-15,18H,4-6,11-12H2,1-3H3,(H,20,22). The van der Waals surface area contributed by atoms with E-state index >= 15 is 0 Å². The average molecular weight is 300 g/mol. The van der Waals surface area contributed by atoms with Crippen molar-refractivity contribution < 1.29 is 4.79 Å². The van der Waals surface area contributed by atoms with E-state index in [4.69, 9.17) is 0 Å². The molecule has 2 bridgehead atoms. The maximum Gasteiger partial charge on any atom is 0.227 e. The van der Waals surface area contributed by atoms with Crippen LogP contribution in [0.1, 0.15) is 46.5 Å². The van der Waals surface area contributed by atoms with Gasteiger partial charge in [-0.05, 0) is 76.1 Å². The summed E-state index contributed by atoms with van der Waals surface area (Å²) in [5, 5.41) is 3.12. The van der Waals surface area contributed by atoms with Crippen LogP contribution in [0.2, 0.25) is 0 Å². The van der Waals surface area contributed by atoms with Crippen molar-refractivity contribution in [1.82, 2.24) is 0 Å². The third-order valence-corrected chi connectivity index (χ3v) is 5.51. The molecule has 0 spiro atoms. The number of fused-ring (bicyclic) bond motifs is 2. The fourth-order valence-corrected chi connectivity index (χ4v) is 4.38. The van der Waals surface area contributed by atoms with Crippen LogP contribution in [-0.4, -0.2) is 18.5 Å². The summed E-state index contributed by atoms with van der Waals surface area (Å²) in [6.45, 7) is 7.57. The zero-order chi connectivity index (χ0) is 15.7. The van der Waals surface area contributed by atoms with Crippen molar-refractivity contribution in [3.05, 3.63) is 24.3 Å². The zero-order valence-electron chi connectivity index (χ0n) is 14.0. The number of anilines is 2. The molecule has 0 aromatic heterocycles. The summed E-state index contributed by atoms with van der Waals surface area (Å²) >= 11 is 0. The predicted octanol–water partition coefficient (Wildman–Crippen LogP) is 4.30. The third kappa shape index (κ3) is 2.99. The number of rotatable bonds is 5. The molecule has 2 aliphatic carbocycles. The topological polar surface area (TPSA) is 32.3 Å². The van der Waals surface area contributed by atoms with Crippen molar-refractivity contribution in [3.8, 4) is 0 Å². The summed E-state index contributed by atoms with van der Waals surface area (Å²) in [6, 6.07) is 8.77. The maximum atomic E-state index is 12.5. The Balaban J connectivity index is 1.62. The Morgan fingerprint density at radius 2 is 1.95 bits per heavy atom. The van der Waals surface area contributed by atoms with Gasteiger partial charge in [-0.2, -0.15) is 0 Å². The normalized spacial score (nSPS) is 26.5. The highest BCUT2D eigenvalue weighted by molar-refractivity contribution is 5.93. The molecule has 2 fully saturated rings. The molecule has 0 aliphatic heterocycles. The monoisotopic (exact) mass is 300 g/mol. The first kappa shape index (κ1) is 15.4. The van der Waals surface area contributed by atoms with Crippen LogP contribution in [0.15, 0.2) is 24.3 Å². The predicted molar refractivity (Wildman–Crippen MR) is 92.2 cm³/mol. The fourth-order valence-electron chi connectivity index (χ4n) is 4.38. The van der Waals surface area contributed by atoms with Gasteiger partial charge >= 0.3 is 0 Å². The zero-order valence-corrected chi connectivity index (χ0v) is 14.0. The Kier molecular flexibility index (Phi) is 4.42. The van der Waals surface area contributed by atoms with E-state index in [1.165, 1.54) is 24.9 Å². The number of hydrogen-bond donors (Lipinski definition) is 1. The van der Waals surface area contributed by atoms with Gasteiger partial charge in [0.2, 0.25) is 5.91 Å². The van der Waals surface area contributed by atoms with E-state index in [-0.39, 0.29) is 11.8 Å². The molecule has 2 saturated carbocycles. The molecule has 3 atom stereocenters. The number of benzene rings is 1. The van der Waals surface area contributed by atoms with Gasteiger partial charge in [-0.1, -0.05) is 6.42 Å². The minimum atomic E-state index is 0.233. The van der Waals surface area contributed by atoms with Gasteiger partial charge in [0.1, 0.15) is 0 Å². The molecule has 0 heterocycles. The first-order valence-electron chi connectivity index (χ1n) is 8.76. The maximum absolute atomic E-state index is 12.5. The second-order valence-corrected chi connectivity index (χ2v) is 7.20. The van der Waals surface area contributed by atoms with Gasteiger partial charge in [0.15, 0.2) is 0 Å². The Labute approximate surface area is 134 Å². The molecule has 2 aliphatic rings. The van der Waals surface area contributed by atoms with Gasteiger partial charge in [-0.15, -0.1) is 0 Å². The Bertz CT molecular complexity index is 523. The van der Waals surface area contributed by atoms with Crippen LogP contribution in [0.5, 0.6) is 0 Å². The molecular formula is C19H28N2O. The van der Waals surface area contributed by atoms with Crippen LogP contribution < -0.4 is 10.2 Å². The van der Waals surface area contributed by atoms with E-state index in [9.17, 15) is 4.79 Å². The summed E-state index contributed by atoms with van der Waals surface area (Å²) < 4.78 is 0. The number of carbonyl (C=O) groups excluding carboxylic acids is 1. The van der Waals surface area contributed by atoms with Crippen LogP contribution in [0.4, 0.5) is 11.4 Å². The Morgan fingerprint density at radius 1 is 1.23 bits per heavy atom. The van der Waals surface area contributed by atoms with Gasteiger partial charge in [0.25, 0.3) is 0 Å². The van der Waals surface area contributed by atoms with Crippen LogP contribution in [-0.2, 0) is 4.79 Å². The van der Waals surface area contributed by atoms with Crippen molar-refractivity contribution in [2.75, 3.05) is 16.8 Å². The van der Waals surface area contributed by atoms with E-state index < -0.39 is 0 Å². The van der Waals surface area contributed by atoms with Gasteiger partial charge in [-0.3, -0.25) is 4.79 Å². The van der Waals surface area contributed by atoms with Gasteiger partial charge in [0.05, 0.1) is 0 Å². The summed E-state index contributed by atoms with van der Waals surface area (Å²) in [4.78, 5) is 14.8. The van der Waals surface area contributed by atoms with Crippen LogP contribution in [0.25, 0.3) is 0 Å². The highest BCUT2D eigenvalue weighted by Gasteiger charge is 2.42. The van der Waals surface area contributed by atoms with Gasteiger partial charge in [0, 0.05) is 29.9 Å². The van der Waals surface area contributed by atoms with Gasteiger partial charge in [-0.25, -0.2) is 0 Å². The second kappa shape index (κ2) is 6.31. The highest BCUT2D eigenvalue weighted by Crippen LogP contribution is 2.48. The molecule has 1 N–H and O–H groups in total. The van der Waals surface area contributed by atoms with Crippen LogP contribution in [0.3, 0.4) is 0 Å². The minimum Gasteiger partial charge on any atom is -0.369 e. The van der Waals surface area contributed by atoms with E-state index in [2.05, 4.69) is 43.1 Å². The molecular weight excluding hydrogens is 272 g/mol. The summed E-state index contributed by atoms with van der Waals surface area (Å²) in [6.07, 6.45) is 4.97. The molecule has 1 aromatic rings. The van der Waals surface area contributed by atoms with Crippen molar-refractivity contribution in [3.63, 3.8) is 0 Å². The number of carbonyl (C=O) groups is 1. The fraction of sp³-hybridized carbons (Fsp3) is 0.632. The SMILES string of the molecule is CCN(c1ccc(NC(=O)C2CC3CCC2C3)cc1)C(C)C. The molecule has 3 heteroatoms. The average Bonchev–Trinajstić information content (AvgIpc) is 3.12. The lowest BCUT2D eigenvalue weighted by atomic mass is 9.88. The Hall–Kier alpha value is -1.51. The molecule has 0 radical (unpaired) electrons. The van der Waals surface area contributed by atoms with Crippen molar-refractivity contribution in [1.29, 1.82) is 0 Å². The first-order valence-corrected chi connectivity index (χ1v) is 8.76. The van der Waals surface area contributed by atoms with Crippen molar-refractivity contribution in [2.24, 2.45) is 17.8 Å². The molecule has 1 amide bonds. The molecule has 3 nitrogen and oxygen atoms in total. The lowest BCUT2D eigenvalue weighted by Gasteiger charge is -2.27. The lowest BCUT2D eigenvalue weighted by molar-refractivity contribution is -0.121. The van der Waals surface area contributed by atoms with E-state index in [0.717, 1.165) is 24.6 Å². The molecule has 3 unspecified atom stereocenters. The van der Waals surface area contributed by atoms with Crippen LogP contribution >= 0.6 is 0 Å². The minimum absolute atomic E-state index is 0.233. The number of nitrogens with zero attached hydrogens (tertiary/aromatic N) is 1. The largest absolute Gasteiger partial charge is 0.369 e. The van der Waals surface area contributed by atoms with Crippen molar-refractivity contribution in [2.45, 2.75) is 52.5 Å². The van der Waals surface area contributed by atoms with Crippen molar-refractivity contribution >= 4 is 17.3 Å². The Morgan fingerprint density at radius 3 is 2.45 bits per heavy atom. The van der Waals surface area contributed by atoms with E-state index in [1.54, 1.807) is 0 Å². The highest BCUT2D eigenvalue weighted by atomic mass is 16.1. The number of hydrogen-bond acceptors (Lipinski definition) is 2. The molecule has 120 valence electrons. The van der Waals surface area contributed by atoms with E-state index in [0.29, 0.717) is 12.0 Å². The smallest absolute Gasteiger partial charge is 0.227 e. The third-order valence-electron chi connectivity index (χ3n) is 5.51. The lowest BCUT2D eigenvalue weighted by Crippen LogP contribution is -2.30. The molecule has 22 heavy (non-hydrogen) atoms. The summed E-state index contributed by atoms with van der Waals surface area (Å²) in [5.74, 6) is 1.94. The summed E-state index contributed by atoms with van der Waals surface area (Å²) in [5.41, 5.74) is 2.15. The second-order valence-electron chi connectivity index (χ2n) is 7.20. The number of amides is 1. The number of nitrogens with one attached hydrogen (secondary N) is 1. The molecule has 1 aromatic carbocycles. The van der Waals surface area contributed by atoms with E-state index in [1.807, 2.05) is 12.1 Å². The quantitative estimate of drug-likeness (QED) is 0.879. The summed E-state index contributed by atoms with van der Waals surface area (Å²) in [7, 11) is 0. The van der Waals surface area contributed by atoms with Crippen LogP contribution in [0, 0.1) is 17.8 Å².